The smallest absolute Gasteiger partial charge is 0.000439 e. The van der Waals surface area contributed by atoms with E-state index in [4.69, 9.17) is 0 Å². The van der Waals surface area contributed by atoms with Crippen LogP contribution in [-0.4, -0.2) is 38.1 Å². The van der Waals surface area contributed by atoms with Gasteiger partial charge in [-0.15, -0.1) is 0 Å². The summed E-state index contributed by atoms with van der Waals surface area (Å²) < 4.78 is 0. The largest absolute Gasteiger partial charge is 0.319 e. The number of nitrogens with zero attached hydrogens (tertiary/aromatic N) is 1. The molecule has 1 aliphatic rings. The van der Waals surface area contributed by atoms with Crippen LogP contribution in [0, 0.1) is 5.92 Å². The van der Waals surface area contributed by atoms with E-state index in [1.807, 2.05) is 7.05 Å². The summed E-state index contributed by atoms with van der Waals surface area (Å²) in [6.45, 7) is 9.49. The number of nitrogens with one attached hydrogen (secondary N) is 1. The molecule has 0 aliphatic carbocycles. The number of likely N-dealkylation sites (tertiary alicyclic amines) is 1. The van der Waals surface area contributed by atoms with Gasteiger partial charge in [-0.05, 0) is 68.9 Å². The Bertz CT molecular complexity index is 375. The summed E-state index contributed by atoms with van der Waals surface area (Å²) in [7, 11) is 2.01. The van der Waals surface area contributed by atoms with Gasteiger partial charge in [-0.25, -0.2) is 0 Å². The summed E-state index contributed by atoms with van der Waals surface area (Å²) >= 11 is 0. The zero-order chi connectivity index (χ0) is 14.4. The average Bonchev–Trinajstić information content (AvgIpc) is 2.46. The summed E-state index contributed by atoms with van der Waals surface area (Å²) in [6.07, 6.45) is 3.77. The maximum absolute atomic E-state index is 3.21. The van der Waals surface area contributed by atoms with Crippen molar-refractivity contribution in [2.75, 3.05) is 33.2 Å². The molecule has 1 fully saturated rings. The van der Waals surface area contributed by atoms with Crippen molar-refractivity contribution < 1.29 is 0 Å². The summed E-state index contributed by atoms with van der Waals surface area (Å²) in [5.41, 5.74) is 2.99. The average molecular weight is 274 g/mol. The monoisotopic (exact) mass is 274 g/mol. The molecule has 1 aromatic carbocycles. The first-order valence-corrected chi connectivity index (χ1v) is 8.15. The normalized spacial score (nSPS) is 17.8. The zero-order valence-electron chi connectivity index (χ0n) is 13.4. The third-order valence-corrected chi connectivity index (χ3v) is 4.33. The second-order valence-electron chi connectivity index (χ2n) is 6.56. The van der Waals surface area contributed by atoms with Crippen LogP contribution in [-0.2, 0) is 6.42 Å². The van der Waals surface area contributed by atoms with E-state index in [9.17, 15) is 0 Å². The van der Waals surface area contributed by atoms with E-state index in [2.05, 4.69) is 48.3 Å². The molecular formula is C18H30N2. The van der Waals surface area contributed by atoms with Crippen molar-refractivity contribution in [1.29, 1.82) is 0 Å². The molecule has 2 heteroatoms. The van der Waals surface area contributed by atoms with Gasteiger partial charge in [0.05, 0.1) is 0 Å². The van der Waals surface area contributed by atoms with Crippen molar-refractivity contribution in [3.63, 3.8) is 0 Å². The summed E-state index contributed by atoms with van der Waals surface area (Å²) in [5, 5.41) is 3.21. The molecule has 0 saturated carbocycles. The first kappa shape index (κ1) is 15.5. The molecule has 1 aliphatic heterocycles. The number of hydrogen-bond donors (Lipinski definition) is 1. The number of piperidine rings is 1. The van der Waals surface area contributed by atoms with Gasteiger partial charge in [-0.2, -0.15) is 0 Å². The lowest BCUT2D eigenvalue weighted by Crippen LogP contribution is -2.35. The highest BCUT2D eigenvalue weighted by Crippen LogP contribution is 2.28. The van der Waals surface area contributed by atoms with E-state index >= 15 is 0 Å². The van der Waals surface area contributed by atoms with Crippen molar-refractivity contribution in [2.45, 2.75) is 39.0 Å². The molecular weight excluding hydrogens is 244 g/mol. The Kier molecular flexibility index (Phi) is 6.06. The van der Waals surface area contributed by atoms with Gasteiger partial charge in [0.1, 0.15) is 0 Å². The van der Waals surface area contributed by atoms with Gasteiger partial charge in [-0.1, -0.05) is 38.1 Å². The van der Waals surface area contributed by atoms with Gasteiger partial charge in [0.2, 0.25) is 0 Å². The molecule has 1 aromatic rings. The van der Waals surface area contributed by atoms with Crippen LogP contribution in [0.5, 0.6) is 0 Å². The quantitative estimate of drug-likeness (QED) is 0.856. The Morgan fingerprint density at radius 2 is 1.80 bits per heavy atom. The summed E-state index contributed by atoms with van der Waals surface area (Å²) in [4.78, 5) is 2.63. The molecule has 20 heavy (non-hydrogen) atoms. The zero-order valence-corrected chi connectivity index (χ0v) is 13.4. The predicted octanol–water partition coefficient (Wildman–Crippen LogP) is 3.28. The van der Waals surface area contributed by atoms with E-state index in [1.165, 1.54) is 38.0 Å². The molecule has 0 radical (unpaired) electrons. The third kappa shape index (κ3) is 4.60. The number of benzene rings is 1. The molecule has 0 aromatic heterocycles. The molecule has 0 atom stereocenters. The molecule has 2 rings (SSSR count). The third-order valence-electron chi connectivity index (χ3n) is 4.33. The van der Waals surface area contributed by atoms with Crippen molar-refractivity contribution in [1.82, 2.24) is 10.2 Å². The Balaban J connectivity index is 1.84. The van der Waals surface area contributed by atoms with Crippen LogP contribution in [0.15, 0.2) is 24.3 Å². The van der Waals surface area contributed by atoms with Crippen LogP contribution in [0.3, 0.4) is 0 Å². The van der Waals surface area contributed by atoms with Gasteiger partial charge >= 0.3 is 0 Å². The van der Waals surface area contributed by atoms with Crippen LogP contribution < -0.4 is 5.32 Å². The fraction of sp³-hybridized carbons (Fsp3) is 0.667. The van der Waals surface area contributed by atoms with E-state index in [1.54, 1.807) is 5.56 Å². The van der Waals surface area contributed by atoms with Crippen molar-refractivity contribution in [3.8, 4) is 0 Å². The van der Waals surface area contributed by atoms with Gasteiger partial charge in [-0.3, -0.25) is 0 Å². The van der Waals surface area contributed by atoms with Crippen molar-refractivity contribution in [3.05, 3.63) is 35.4 Å². The number of hydrogen-bond acceptors (Lipinski definition) is 2. The van der Waals surface area contributed by atoms with E-state index < -0.39 is 0 Å². The van der Waals surface area contributed by atoms with Crippen LogP contribution in [0.1, 0.15) is 43.7 Å². The highest BCUT2D eigenvalue weighted by molar-refractivity contribution is 5.26. The van der Waals surface area contributed by atoms with Crippen LogP contribution in [0.25, 0.3) is 0 Å². The maximum atomic E-state index is 3.21. The highest BCUT2D eigenvalue weighted by atomic mass is 15.1. The second-order valence-corrected chi connectivity index (χ2v) is 6.56. The minimum atomic E-state index is 0.775. The lowest BCUT2D eigenvalue weighted by molar-refractivity contribution is 0.192. The Morgan fingerprint density at radius 1 is 1.15 bits per heavy atom. The van der Waals surface area contributed by atoms with Crippen LogP contribution >= 0.6 is 0 Å². The molecule has 1 N–H and O–H groups in total. The Labute approximate surface area is 124 Å². The van der Waals surface area contributed by atoms with Gasteiger partial charge in [0, 0.05) is 6.54 Å². The molecule has 1 heterocycles. The fourth-order valence-electron chi connectivity index (χ4n) is 3.19. The minimum Gasteiger partial charge on any atom is -0.319 e. The first-order chi connectivity index (χ1) is 9.69. The molecule has 112 valence electrons. The van der Waals surface area contributed by atoms with E-state index in [0.29, 0.717) is 0 Å². The standard InChI is InChI=1S/C18H30N2/c1-15(2)14-20-12-9-18(10-13-20)17-6-4-16(5-7-17)8-11-19-3/h4-7,15,18-19H,8-14H2,1-3H3. The maximum Gasteiger partial charge on any atom is 0.000439 e. The lowest BCUT2D eigenvalue weighted by Gasteiger charge is -2.33. The van der Waals surface area contributed by atoms with Gasteiger partial charge in [0.25, 0.3) is 0 Å². The second kappa shape index (κ2) is 7.80. The molecule has 1 saturated heterocycles. The van der Waals surface area contributed by atoms with Crippen LogP contribution in [0.2, 0.25) is 0 Å². The number of likely N-dealkylation sites (N-methyl/N-ethyl adjacent to an activating group) is 1. The molecule has 0 amide bonds. The SMILES string of the molecule is CNCCc1ccc(C2CCN(CC(C)C)CC2)cc1. The van der Waals surface area contributed by atoms with Crippen molar-refractivity contribution >= 4 is 0 Å². The molecule has 2 nitrogen and oxygen atoms in total. The predicted molar refractivity (Wildman–Crippen MR) is 87.3 cm³/mol. The molecule has 0 spiro atoms. The highest BCUT2D eigenvalue weighted by Gasteiger charge is 2.20. The van der Waals surface area contributed by atoms with Crippen molar-refractivity contribution in [2.24, 2.45) is 5.92 Å². The summed E-state index contributed by atoms with van der Waals surface area (Å²) in [6, 6.07) is 9.34. The van der Waals surface area contributed by atoms with E-state index in [0.717, 1.165) is 24.8 Å². The minimum absolute atomic E-state index is 0.775. The van der Waals surface area contributed by atoms with Gasteiger partial charge in [0.15, 0.2) is 0 Å². The lowest BCUT2D eigenvalue weighted by atomic mass is 9.88. The molecule has 0 bridgehead atoms. The Hall–Kier alpha value is -0.860. The van der Waals surface area contributed by atoms with Crippen LogP contribution in [0.4, 0.5) is 0 Å². The fourth-order valence-corrected chi connectivity index (χ4v) is 3.19. The topological polar surface area (TPSA) is 15.3 Å². The summed E-state index contributed by atoms with van der Waals surface area (Å²) in [5.74, 6) is 1.56. The van der Waals surface area contributed by atoms with E-state index in [-0.39, 0.29) is 0 Å². The Morgan fingerprint density at radius 3 is 2.35 bits per heavy atom. The molecule has 0 unspecified atom stereocenters. The van der Waals surface area contributed by atoms with Gasteiger partial charge < -0.3 is 10.2 Å². The first-order valence-electron chi connectivity index (χ1n) is 8.15. The number of rotatable bonds is 6.